The third-order valence-corrected chi connectivity index (χ3v) is 4.98. The average Bonchev–Trinajstić information content (AvgIpc) is 2.81. The van der Waals surface area contributed by atoms with Crippen molar-refractivity contribution in [2.75, 3.05) is 46.5 Å². The van der Waals surface area contributed by atoms with E-state index < -0.39 is 29.8 Å². The summed E-state index contributed by atoms with van der Waals surface area (Å²) >= 11 is 0. The summed E-state index contributed by atoms with van der Waals surface area (Å²) in [6.45, 7) is 5.88. The number of esters is 1. The summed E-state index contributed by atoms with van der Waals surface area (Å²) in [5, 5.41) is 2.56. The minimum atomic E-state index is -0.692. The van der Waals surface area contributed by atoms with Crippen molar-refractivity contribution in [2.45, 2.75) is 45.4 Å². The molecule has 1 heterocycles. The van der Waals surface area contributed by atoms with Gasteiger partial charge in [-0.05, 0) is 26.3 Å². The predicted octanol–water partition coefficient (Wildman–Crippen LogP) is 1.94. The number of nitrogens with zero attached hydrogens (tertiary/aromatic N) is 2. The molecule has 1 N–H and O–H groups in total. The Morgan fingerprint density at radius 3 is 2.43 bits per heavy atom. The number of carbonyl (C=O) groups excluding carboxylic acids is 4. The maximum absolute atomic E-state index is 12.7. The van der Waals surface area contributed by atoms with Crippen molar-refractivity contribution in [1.82, 2.24) is 15.1 Å². The van der Waals surface area contributed by atoms with Crippen LogP contribution < -0.4 is 5.32 Å². The zero-order chi connectivity index (χ0) is 25.8. The maximum atomic E-state index is 12.7. The largest absolute Gasteiger partial charge is 0.462 e. The van der Waals surface area contributed by atoms with Crippen molar-refractivity contribution in [3.63, 3.8) is 0 Å². The number of benzene rings is 1. The van der Waals surface area contributed by atoms with Crippen molar-refractivity contribution in [3.05, 3.63) is 35.9 Å². The molecule has 1 aromatic rings. The van der Waals surface area contributed by atoms with Crippen LogP contribution in [-0.2, 0) is 35.1 Å². The van der Waals surface area contributed by atoms with Gasteiger partial charge in [-0.25, -0.2) is 14.4 Å². The lowest BCUT2D eigenvalue weighted by molar-refractivity contribution is -0.151. The van der Waals surface area contributed by atoms with Gasteiger partial charge in [-0.3, -0.25) is 9.69 Å². The predicted molar refractivity (Wildman–Crippen MR) is 125 cm³/mol. The lowest BCUT2D eigenvalue weighted by atomic mass is 10.1. The fraction of sp³-hybridized carbons (Fsp3) is 0.583. The molecule has 11 heteroatoms. The highest BCUT2D eigenvalue weighted by molar-refractivity contribution is 5.78. The number of hydrogen-bond donors (Lipinski definition) is 1. The second-order valence-corrected chi connectivity index (χ2v) is 9.02. The number of piperazine rings is 1. The van der Waals surface area contributed by atoms with E-state index in [1.807, 2.05) is 30.3 Å². The van der Waals surface area contributed by atoms with Gasteiger partial charge in [-0.2, -0.15) is 0 Å². The van der Waals surface area contributed by atoms with Crippen molar-refractivity contribution < 1.29 is 38.1 Å². The Balaban J connectivity index is 1.85. The third kappa shape index (κ3) is 10.2. The van der Waals surface area contributed by atoms with Crippen LogP contribution in [0.5, 0.6) is 0 Å². The minimum absolute atomic E-state index is 0.0586. The van der Waals surface area contributed by atoms with E-state index in [9.17, 15) is 19.2 Å². The standard InChI is InChI=1S/C24H35N3O8/c1-24(2,3)35-23(31)27-13-12-26(14-19(27)16-33-21(29)17-32-4)20(28)10-11-25-22(30)34-15-18-8-6-5-7-9-18/h5-9,19H,10-17H2,1-4H3,(H,25,30). The van der Waals surface area contributed by atoms with Gasteiger partial charge in [-0.1, -0.05) is 30.3 Å². The van der Waals surface area contributed by atoms with Gasteiger partial charge >= 0.3 is 18.2 Å². The Labute approximate surface area is 205 Å². The van der Waals surface area contributed by atoms with Crippen LogP contribution in [0.4, 0.5) is 9.59 Å². The second-order valence-electron chi connectivity index (χ2n) is 9.02. The Morgan fingerprint density at radius 2 is 1.77 bits per heavy atom. The molecule has 0 radical (unpaired) electrons. The molecule has 1 unspecified atom stereocenters. The summed E-state index contributed by atoms with van der Waals surface area (Å²) < 4.78 is 20.6. The molecular formula is C24H35N3O8. The first kappa shape index (κ1) is 27.9. The van der Waals surface area contributed by atoms with Crippen molar-refractivity contribution >= 4 is 24.1 Å². The highest BCUT2D eigenvalue weighted by Gasteiger charge is 2.35. The summed E-state index contributed by atoms with van der Waals surface area (Å²) in [7, 11) is 1.38. The van der Waals surface area contributed by atoms with Crippen LogP contribution in [0.1, 0.15) is 32.8 Å². The number of alkyl carbamates (subject to hydrolysis) is 1. The summed E-state index contributed by atoms with van der Waals surface area (Å²) in [6.07, 6.45) is -1.09. The highest BCUT2D eigenvalue weighted by atomic mass is 16.6. The molecular weight excluding hydrogens is 458 g/mol. The molecule has 1 aliphatic rings. The molecule has 0 spiro atoms. The maximum Gasteiger partial charge on any atom is 0.410 e. The fourth-order valence-electron chi connectivity index (χ4n) is 3.34. The SMILES string of the molecule is COCC(=O)OCC1CN(C(=O)CCNC(=O)OCc2ccccc2)CCN1C(=O)OC(C)(C)C. The number of carbonyl (C=O) groups is 4. The number of hydrogen-bond acceptors (Lipinski definition) is 8. The number of ether oxygens (including phenoxy) is 4. The number of rotatable bonds is 9. The van der Waals surface area contributed by atoms with Crippen LogP contribution in [0.25, 0.3) is 0 Å². The summed E-state index contributed by atoms with van der Waals surface area (Å²) in [5.41, 5.74) is 0.168. The van der Waals surface area contributed by atoms with Gasteiger partial charge in [0.25, 0.3) is 0 Å². The molecule has 2 rings (SSSR count). The van der Waals surface area contributed by atoms with Crippen LogP contribution >= 0.6 is 0 Å². The summed E-state index contributed by atoms with van der Waals surface area (Å²) in [6, 6.07) is 8.68. The van der Waals surface area contributed by atoms with Gasteiger partial charge in [0.05, 0.1) is 6.04 Å². The van der Waals surface area contributed by atoms with Gasteiger partial charge in [0, 0.05) is 39.7 Å². The van der Waals surface area contributed by atoms with Gasteiger partial charge in [0.1, 0.15) is 25.4 Å². The summed E-state index contributed by atoms with van der Waals surface area (Å²) in [4.78, 5) is 52.0. The molecule has 1 atom stereocenters. The number of methoxy groups -OCH3 is 1. The van der Waals surface area contributed by atoms with Crippen LogP contribution in [0.15, 0.2) is 30.3 Å². The van der Waals surface area contributed by atoms with E-state index in [-0.39, 0.29) is 51.8 Å². The quantitative estimate of drug-likeness (QED) is 0.409. The third-order valence-electron chi connectivity index (χ3n) is 4.98. The van der Waals surface area contributed by atoms with Crippen LogP contribution in [0.3, 0.4) is 0 Å². The van der Waals surface area contributed by atoms with Gasteiger partial charge in [0.2, 0.25) is 5.91 Å². The Bertz CT molecular complexity index is 856. The van der Waals surface area contributed by atoms with Crippen molar-refractivity contribution in [1.29, 1.82) is 0 Å². The Kier molecular flexibility index (Phi) is 10.8. The van der Waals surface area contributed by atoms with E-state index in [0.29, 0.717) is 6.54 Å². The summed E-state index contributed by atoms with van der Waals surface area (Å²) in [5.74, 6) is -0.774. The lowest BCUT2D eigenvalue weighted by Crippen LogP contribution is -2.59. The topological polar surface area (TPSA) is 124 Å². The first-order valence-electron chi connectivity index (χ1n) is 11.5. The van der Waals surface area contributed by atoms with E-state index in [0.717, 1.165) is 5.56 Å². The number of amides is 3. The molecule has 0 saturated carbocycles. The minimum Gasteiger partial charge on any atom is -0.462 e. The van der Waals surface area contributed by atoms with E-state index >= 15 is 0 Å². The first-order valence-corrected chi connectivity index (χ1v) is 11.5. The van der Waals surface area contributed by atoms with Gasteiger partial charge in [-0.15, -0.1) is 0 Å². The molecule has 3 amide bonds. The first-order chi connectivity index (χ1) is 16.6. The smallest absolute Gasteiger partial charge is 0.410 e. The molecule has 1 saturated heterocycles. The highest BCUT2D eigenvalue weighted by Crippen LogP contribution is 2.17. The van der Waals surface area contributed by atoms with Crippen LogP contribution in [-0.4, -0.2) is 92.0 Å². The Morgan fingerprint density at radius 1 is 1.06 bits per heavy atom. The zero-order valence-corrected chi connectivity index (χ0v) is 20.8. The van der Waals surface area contributed by atoms with Crippen LogP contribution in [0.2, 0.25) is 0 Å². The zero-order valence-electron chi connectivity index (χ0n) is 20.8. The van der Waals surface area contributed by atoms with E-state index in [1.54, 1.807) is 25.7 Å². The normalized spacial score (nSPS) is 15.8. The van der Waals surface area contributed by atoms with Crippen molar-refractivity contribution in [3.8, 4) is 0 Å². The molecule has 1 aromatic carbocycles. The molecule has 0 aromatic heterocycles. The second kappa shape index (κ2) is 13.5. The van der Waals surface area contributed by atoms with Crippen LogP contribution in [0, 0.1) is 0 Å². The molecule has 0 bridgehead atoms. The molecule has 35 heavy (non-hydrogen) atoms. The fourth-order valence-corrected chi connectivity index (χ4v) is 3.34. The molecule has 11 nitrogen and oxygen atoms in total. The lowest BCUT2D eigenvalue weighted by Gasteiger charge is -2.41. The molecule has 1 fully saturated rings. The van der Waals surface area contributed by atoms with Crippen molar-refractivity contribution in [2.24, 2.45) is 0 Å². The monoisotopic (exact) mass is 493 g/mol. The molecule has 0 aliphatic carbocycles. The molecule has 194 valence electrons. The Hall–Kier alpha value is -3.34. The van der Waals surface area contributed by atoms with E-state index in [4.69, 9.17) is 18.9 Å². The van der Waals surface area contributed by atoms with Gasteiger partial charge < -0.3 is 29.2 Å². The number of nitrogens with one attached hydrogen (secondary N) is 1. The van der Waals surface area contributed by atoms with E-state index in [1.165, 1.54) is 12.0 Å². The average molecular weight is 494 g/mol. The molecule has 1 aliphatic heterocycles. The van der Waals surface area contributed by atoms with E-state index in [2.05, 4.69) is 5.32 Å². The van der Waals surface area contributed by atoms with Gasteiger partial charge in [0.15, 0.2) is 0 Å².